The molecule has 0 fully saturated rings. The number of ether oxygens (including phenoxy) is 1. The van der Waals surface area contributed by atoms with Crippen LogP contribution in [0.3, 0.4) is 0 Å². The van der Waals surface area contributed by atoms with Crippen LogP contribution in [0.2, 0.25) is 0 Å². The molecule has 1 aliphatic rings. The number of nitrogens with zero attached hydrogens (tertiary/aromatic N) is 4. The second kappa shape index (κ2) is 6.72. The van der Waals surface area contributed by atoms with Gasteiger partial charge in [0.1, 0.15) is 4.83 Å². The average Bonchev–Trinajstić information content (AvgIpc) is 3.13. The van der Waals surface area contributed by atoms with Gasteiger partial charge in [-0.1, -0.05) is 51.2 Å². The highest BCUT2D eigenvalue weighted by Crippen LogP contribution is 2.40. The number of fused-ring (bicyclic) bond motifs is 5. The Hall–Kier alpha value is -0.830. The Balaban J connectivity index is 1.96. The molecule has 4 rings (SSSR count). The summed E-state index contributed by atoms with van der Waals surface area (Å²) in [6.07, 6.45) is 3.25. The molecule has 4 heterocycles. The van der Waals surface area contributed by atoms with E-state index in [2.05, 4.69) is 48.5 Å². The summed E-state index contributed by atoms with van der Waals surface area (Å²) >= 11 is 5.12. The van der Waals surface area contributed by atoms with Gasteiger partial charge in [-0.15, -0.1) is 21.5 Å². The third kappa shape index (κ3) is 2.97. The van der Waals surface area contributed by atoms with Gasteiger partial charge in [-0.3, -0.25) is 0 Å². The van der Waals surface area contributed by atoms with Crippen LogP contribution in [0.15, 0.2) is 10.3 Å². The number of rotatable bonds is 4. The zero-order valence-electron chi connectivity index (χ0n) is 15.1. The quantitative estimate of drug-likeness (QED) is 0.474. The molecule has 0 amide bonds. The number of hydrogen-bond donors (Lipinski definition) is 0. The number of thioether (sulfide) groups is 2. The van der Waals surface area contributed by atoms with E-state index in [9.17, 15) is 0 Å². The normalized spacial score (nSPS) is 18.0. The highest BCUT2D eigenvalue weighted by molar-refractivity contribution is 8.00. The minimum atomic E-state index is 0.262. The van der Waals surface area contributed by atoms with Gasteiger partial charge in [-0.2, -0.15) is 0 Å². The van der Waals surface area contributed by atoms with Gasteiger partial charge < -0.3 is 4.74 Å². The van der Waals surface area contributed by atoms with E-state index in [0.717, 1.165) is 27.2 Å². The Morgan fingerprint density at radius 1 is 1.20 bits per heavy atom. The zero-order valence-corrected chi connectivity index (χ0v) is 17.5. The van der Waals surface area contributed by atoms with Crippen LogP contribution in [0.1, 0.15) is 38.1 Å². The van der Waals surface area contributed by atoms with Crippen LogP contribution in [-0.2, 0) is 17.8 Å². The SMILES string of the molecule is CSc1nc2sc3c(c2c2nnc(SC(C)C)n12)C[C@@H](C(C)C)OC3. The lowest BCUT2D eigenvalue weighted by atomic mass is 9.96. The minimum Gasteiger partial charge on any atom is -0.372 e. The first-order valence-corrected chi connectivity index (χ1v) is 11.4. The fraction of sp³-hybridized carbons (Fsp3) is 0.588. The Labute approximate surface area is 160 Å². The Kier molecular flexibility index (Phi) is 4.72. The fourth-order valence-corrected chi connectivity index (χ4v) is 5.74. The van der Waals surface area contributed by atoms with Crippen molar-refractivity contribution in [3.8, 4) is 0 Å². The van der Waals surface area contributed by atoms with Gasteiger partial charge in [0.05, 0.1) is 18.1 Å². The first-order valence-electron chi connectivity index (χ1n) is 8.51. The lowest BCUT2D eigenvalue weighted by molar-refractivity contribution is 0.00203. The van der Waals surface area contributed by atoms with Crippen molar-refractivity contribution in [2.45, 2.75) is 62.4 Å². The maximum atomic E-state index is 6.05. The molecule has 0 saturated carbocycles. The highest BCUT2D eigenvalue weighted by atomic mass is 32.2. The van der Waals surface area contributed by atoms with Gasteiger partial charge in [-0.25, -0.2) is 9.38 Å². The summed E-state index contributed by atoms with van der Waals surface area (Å²) in [5, 5.41) is 12.5. The molecule has 8 heteroatoms. The topological polar surface area (TPSA) is 52.3 Å². The molecule has 0 bridgehead atoms. The summed E-state index contributed by atoms with van der Waals surface area (Å²) in [5.74, 6) is 0.502. The van der Waals surface area contributed by atoms with Gasteiger partial charge in [0.2, 0.25) is 0 Å². The molecule has 0 N–H and O–H groups in total. The van der Waals surface area contributed by atoms with Gasteiger partial charge in [-0.05, 0) is 17.7 Å². The van der Waals surface area contributed by atoms with E-state index >= 15 is 0 Å². The van der Waals surface area contributed by atoms with E-state index in [0.29, 0.717) is 17.8 Å². The van der Waals surface area contributed by atoms with Crippen molar-refractivity contribution in [2.75, 3.05) is 6.26 Å². The van der Waals surface area contributed by atoms with Crippen molar-refractivity contribution in [1.29, 1.82) is 0 Å². The van der Waals surface area contributed by atoms with Crippen molar-refractivity contribution < 1.29 is 4.74 Å². The molecule has 3 aromatic heterocycles. The number of hydrogen-bond acceptors (Lipinski definition) is 7. The van der Waals surface area contributed by atoms with Crippen LogP contribution in [0.4, 0.5) is 0 Å². The summed E-state index contributed by atoms with van der Waals surface area (Å²) in [7, 11) is 0. The van der Waals surface area contributed by atoms with E-state index < -0.39 is 0 Å². The Morgan fingerprint density at radius 3 is 2.68 bits per heavy atom. The van der Waals surface area contributed by atoms with Crippen LogP contribution in [-0.4, -0.2) is 37.2 Å². The molecule has 3 aromatic rings. The Morgan fingerprint density at radius 2 is 2.00 bits per heavy atom. The predicted octanol–water partition coefficient (Wildman–Crippen LogP) is 4.66. The lowest BCUT2D eigenvalue weighted by Gasteiger charge is -2.26. The van der Waals surface area contributed by atoms with E-state index in [4.69, 9.17) is 9.72 Å². The van der Waals surface area contributed by atoms with Crippen LogP contribution in [0, 0.1) is 5.92 Å². The smallest absolute Gasteiger partial charge is 0.197 e. The van der Waals surface area contributed by atoms with E-state index in [-0.39, 0.29) is 6.10 Å². The van der Waals surface area contributed by atoms with E-state index in [1.165, 1.54) is 15.8 Å². The molecule has 25 heavy (non-hydrogen) atoms. The second-order valence-corrected chi connectivity index (χ2v) is 10.3. The fourth-order valence-electron chi connectivity index (χ4n) is 3.18. The van der Waals surface area contributed by atoms with Crippen LogP contribution >= 0.6 is 34.9 Å². The first kappa shape index (κ1) is 17.6. The molecule has 5 nitrogen and oxygen atoms in total. The molecular formula is C17H22N4OS3. The average molecular weight is 395 g/mol. The monoisotopic (exact) mass is 394 g/mol. The second-order valence-electron chi connectivity index (χ2n) is 6.89. The molecule has 0 spiro atoms. The van der Waals surface area contributed by atoms with Crippen molar-refractivity contribution >= 4 is 50.7 Å². The van der Waals surface area contributed by atoms with Crippen LogP contribution in [0.25, 0.3) is 15.9 Å². The number of aromatic nitrogens is 4. The highest BCUT2D eigenvalue weighted by Gasteiger charge is 2.29. The third-order valence-electron chi connectivity index (χ3n) is 4.42. The summed E-state index contributed by atoms with van der Waals surface area (Å²) in [6, 6.07) is 0. The van der Waals surface area contributed by atoms with Crippen molar-refractivity contribution in [2.24, 2.45) is 5.92 Å². The van der Waals surface area contributed by atoms with E-state index in [1.54, 1.807) is 34.9 Å². The zero-order chi connectivity index (χ0) is 17.7. The summed E-state index contributed by atoms with van der Waals surface area (Å²) in [5.41, 5.74) is 2.31. The third-order valence-corrected chi connectivity index (χ3v) is 7.10. The van der Waals surface area contributed by atoms with Gasteiger partial charge >= 0.3 is 0 Å². The van der Waals surface area contributed by atoms with Gasteiger partial charge in [0, 0.05) is 16.5 Å². The summed E-state index contributed by atoms with van der Waals surface area (Å²) < 4.78 is 8.18. The van der Waals surface area contributed by atoms with E-state index in [1.807, 2.05) is 0 Å². The van der Waals surface area contributed by atoms with Crippen LogP contribution < -0.4 is 0 Å². The van der Waals surface area contributed by atoms with Crippen LogP contribution in [0.5, 0.6) is 0 Å². The predicted molar refractivity (Wildman–Crippen MR) is 106 cm³/mol. The largest absolute Gasteiger partial charge is 0.372 e. The van der Waals surface area contributed by atoms with Gasteiger partial charge in [0.15, 0.2) is 16.0 Å². The maximum Gasteiger partial charge on any atom is 0.197 e. The standard InChI is InChI=1S/C17H22N4OS3/c1-8(2)11-6-10-12(7-22-11)25-15-13(10)14-19-20-17(24-9(3)4)21(14)16(18-15)23-5/h8-9,11H,6-7H2,1-5H3/t11-/m0/s1. The molecule has 0 aliphatic carbocycles. The molecule has 0 saturated heterocycles. The van der Waals surface area contributed by atoms with Crippen molar-refractivity contribution in [3.05, 3.63) is 10.4 Å². The van der Waals surface area contributed by atoms with Crippen molar-refractivity contribution in [3.63, 3.8) is 0 Å². The molecule has 0 aromatic carbocycles. The molecule has 1 aliphatic heterocycles. The first-order chi connectivity index (χ1) is 12.0. The molecule has 0 radical (unpaired) electrons. The molecule has 0 unspecified atom stereocenters. The molecule has 134 valence electrons. The molecular weight excluding hydrogens is 372 g/mol. The van der Waals surface area contributed by atoms with Crippen molar-refractivity contribution in [1.82, 2.24) is 19.6 Å². The molecule has 1 atom stereocenters. The summed E-state index contributed by atoms with van der Waals surface area (Å²) in [6.45, 7) is 9.47. The lowest BCUT2D eigenvalue weighted by Crippen LogP contribution is -2.26. The number of thiophene rings is 1. The minimum absolute atomic E-state index is 0.262. The Bertz CT molecular complexity index is 931. The maximum absolute atomic E-state index is 6.05. The summed E-state index contributed by atoms with van der Waals surface area (Å²) in [4.78, 5) is 7.28. The van der Waals surface area contributed by atoms with Gasteiger partial charge in [0.25, 0.3) is 0 Å².